The summed E-state index contributed by atoms with van der Waals surface area (Å²) in [5, 5.41) is 3.28. The third-order valence-electron chi connectivity index (χ3n) is 4.80. The topological polar surface area (TPSA) is 29.1 Å². The van der Waals surface area contributed by atoms with Crippen molar-refractivity contribution in [1.82, 2.24) is 5.32 Å². The first-order valence-corrected chi connectivity index (χ1v) is 8.56. The van der Waals surface area contributed by atoms with Gasteiger partial charge in [-0.15, -0.1) is 11.6 Å². The van der Waals surface area contributed by atoms with Crippen LogP contribution >= 0.6 is 11.6 Å². The summed E-state index contributed by atoms with van der Waals surface area (Å²) in [5.41, 5.74) is 0.888. The van der Waals surface area contributed by atoms with Gasteiger partial charge in [-0.05, 0) is 43.6 Å². The molecule has 0 bridgehead atoms. The van der Waals surface area contributed by atoms with Crippen molar-refractivity contribution in [1.29, 1.82) is 0 Å². The summed E-state index contributed by atoms with van der Waals surface area (Å²) in [6, 6.07) is 10.0. The van der Waals surface area contributed by atoms with E-state index < -0.39 is 0 Å². The van der Waals surface area contributed by atoms with Crippen molar-refractivity contribution in [3.63, 3.8) is 0 Å². The van der Waals surface area contributed by atoms with E-state index in [4.69, 9.17) is 11.6 Å². The van der Waals surface area contributed by atoms with Gasteiger partial charge < -0.3 is 5.32 Å². The van der Waals surface area contributed by atoms with Crippen molar-refractivity contribution in [3.05, 3.63) is 35.9 Å². The Balaban J connectivity index is 2.08. The second kappa shape index (κ2) is 7.31. The van der Waals surface area contributed by atoms with Crippen molar-refractivity contribution in [2.45, 2.75) is 57.4 Å². The molecule has 1 atom stereocenters. The molecule has 2 rings (SSSR count). The molecule has 116 valence electrons. The molecule has 1 aliphatic rings. The first kappa shape index (κ1) is 16.4. The fraction of sp³-hybridized carbons (Fsp3) is 0.611. The van der Waals surface area contributed by atoms with Gasteiger partial charge in [-0.25, -0.2) is 0 Å². The van der Waals surface area contributed by atoms with Crippen LogP contribution in [0, 0.1) is 5.92 Å². The Bertz CT molecular complexity index is 452. The summed E-state index contributed by atoms with van der Waals surface area (Å²) in [7, 11) is 0. The van der Waals surface area contributed by atoms with E-state index in [9.17, 15) is 4.79 Å². The molecule has 3 heteroatoms. The fourth-order valence-corrected chi connectivity index (χ4v) is 3.55. The molecule has 0 radical (unpaired) electrons. The second-order valence-electron chi connectivity index (χ2n) is 6.46. The van der Waals surface area contributed by atoms with Crippen LogP contribution < -0.4 is 5.32 Å². The maximum absolute atomic E-state index is 12.7. The first-order valence-electron chi connectivity index (χ1n) is 8.03. The lowest BCUT2D eigenvalue weighted by molar-refractivity contribution is -0.124. The zero-order valence-electron chi connectivity index (χ0n) is 13.1. The fourth-order valence-electron chi connectivity index (χ4n) is 3.21. The summed E-state index contributed by atoms with van der Waals surface area (Å²) in [4.78, 5) is 12.7. The summed E-state index contributed by atoms with van der Waals surface area (Å²) in [5.74, 6) is 1.30. The first-order chi connectivity index (χ1) is 10.1. The molecule has 1 aromatic rings. The number of alkyl halides is 1. The van der Waals surface area contributed by atoms with Gasteiger partial charge in [0, 0.05) is 5.88 Å². The molecular weight excluding hydrogens is 282 g/mol. The number of hydrogen-bond donors (Lipinski definition) is 1. The maximum atomic E-state index is 12.7. The number of halogens is 1. The number of nitrogens with one attached hydrogen (secondary N) is 1. The lowest BCUT2D eigenvalue weighted by Gasteiger charge is -2.39. The largest absolute Gasteiger partial charge is 0.349 e. The zero-order valence-corrected chi connectivity index (χ0v) is 13.8. The predicted molar refractivity (Wildman–Crippen MR) is 88.7 cm³/mol. The molecule has 1 unspecified atom stereocenters. The minimum atomic E-state index is -0.201. The van der Waals surface area contributed by atoms with Crippen LogP contribution in [0.25, 0.3) is 0 Å². The van der Waals surface area contributed by atoms with E-state index in [2.05, 4.69) is 19.2 Å². The van der Waals surface area contributed by atoms with E-state index in [1.807, 2.05) is 30.3 Å². The van der Waals surface area contributed by atoms with Crippen molar-refractivity contribution < 1.29 is 4.79 Å². The van der Waals surface area contributed by atoms with Crippen LogP contribution in [0.4, 0.5) is 0 Å². The van der Waals surface area contributed by atoms with Crippen LogP contribution in [0.1, 0.15) is 57.4 Å². The number of benzene rings is 1. The maximum Gasteiger partial charge on any atom is 0.227 e. The van der Waals surface area contributed by atoms with Crippen LogP contribution in [0.15, 0.2) is 30.3 Å². The van der Waals surface area contributed by atoms with E-state index in [1.165, 1.54) is 0 Å². The molecule has 0 spiro atoms. The molecule has 1 saturated carbocycles. The average molecular weight is 308 g/mol. The third kappa shape index (κ3) is 4.00. The van der Waals surface area contributed by atoms with E-state index in [-0.39, 0.29) is 17.4 Å². The molecule has 0 aromatic heterocycles. The molecule has 0 saturated heterocycles. The molecule has 2 nitrogen and oxygen atoms in total. The van der Waals surface area contributed by atoms with Gasteiger partial charge in [0.05, 0.1) is 11.5 Å². The van der Waals surface area contributed by atoms with Crippen LogP contribution in [-0.4, -0.2) is 17.3 Å². The van der Waals surface area contributed by atoms with Crippen LogP contribution in [-0.2, 0) is 4.79 Å². The van der Waals surface area contributed by atoms with Gasteiger partial charge in [-0.3, -0.25) is 4.79 Å². The minimum absolute atomic E-state index is 0.0781. The van der Waals surface area contributed by atoms with E-state index in [0.717, 1.165) is 43.6 Å². The third-order valence-corrected chi connectivity index (χ3v) is 5.31. The Morgan fingerprint density at radius 1 is 1.33 bits per heavy atom. The number of hydrogen-bond acceptors (Lipinski definition) is 1. The Labute approximate surface area is 133 Å². The Morgan fingerprint density at radius 2 is 1.95 bits per heavy atom. The number of carbonyl (C=O) groups excluding carboxylic acids is 1. The second-order valence-corrected chi connectivity index (χ2v) is 6.72. The molecule has 1 N–H and O–H groups in total. The van der Waals surface area contributed by atoms with Gasteiger partial charge in [0.15, 0.2) is 0 Å². The van der Waals surface area contributed by atoms with Crippen molar-refractivity contribution in [2.24, 2.45) is 5.92 Å². The summed E-state index contributed by atoms with van der Waals surface area (Å²) in [6.45, 7) is 4.34. The summed E-state index contributed by atoms with van der Waals surface area (Å²) < 4.78 is 0. The van der Waals surface area contributed by atoms with Crippen LogP contribution in [0.2, 0.25) is 0 Å². The quantitative estimate of drug-likeness (QED) is 0.798. The molecular formula is C18H26ClNO. The van der Waals surface area contributed by atoms with Gasteiger partial charge in [-0.2, -0.15) is 0 Å². The Morgan fingerprint density at radius 3 is 2.48 bits per heavy atom. The molecule has 1 aliphatic carbocycles. The molecule has 0 heterocycles. The molecule has 0 aliphatic heterocycles. The predicted octanol–water partition coefficient (Wildman–Crippen LogP) is 4.48. The average Bonchev–Trinajstić information content (AvgIpc) is 2.52. The highest BCUT2D eigenvalue weighted by Crippen LogP contribution is 2.33. The highest BCUT2D eigenvalue weighted by atomic mass is 35.5. The number of carbonyl (C=O) groups is 1. The van der Waals surface area contributed by atoms with E-state index in [1.54, 1.807) is 0 Å². The summed E-state index contributed by atoms with van der Waals surface area (Å²) >= 11 is 6.21. The molecule has 21 heavy (non-hydrogen) atoms. The Kier molecular flexibility index (Phi) is 5.69. The van der Waals surface area contributed by atoms with Gasteiger partial charge in [0.1, 0.15) is 0 Å². The highest BCUT2D eigenvalue weighted by Gasteiger charge is 2.36. The van der Waals surface area contributed by atoms with Crippen LogP contribution in [0.5, 0.6) is 0 Å². The number of rotatable bonds is 5. The summed E-state index contributed by atoms with van der Waals surface area (Å²) in [6.07, 6.45) is 5.10. The number of amides is 1. The van der Waals surface area contributed by atoms with Crippen molar-refractivity contribution >= 4 is 17.5 Å². The molecule has 1 amide bonds. The van der Waals surface area contributed by atoms with Gasteiger partial charge in [-0.1, -0.05) is 44.2 Å². The lowest BCUT2D eigenvalue weighted by Crippen LogP contribution is -2.53. The minimum Gasteiger partial charge on any atom is -0.349 e. The van der Waals surface area contributed by atoms with Crippen molar-refractivity contribution in [2.75, 3.05) is 5.88 Å². The van der Waals surface area contributed by atoms with Gasteiger partial charge in [0.25, 0.3) is 0 Å². The standard InChI is InChI=1S/C18H26ClNO/c1-3-16(15-7-5-4-6-8-15)17(21)20-18(13-19)11-9-14(2)10-12-18/h4-8,14,16H,3,9-13H2,1-2H3,(H,20,21). The molecule has 1 fully saturated rings. The van der Waals surface area contributed by atoms with E-state index >= 15 is 0 Å². The zero-order chi connectivity index (χ0) is 15.3. The SMILES string of the molecule is CCC(C(=O)NC1(CCl)CCC(C)CC1)c1ccccc1. The normalized spacial score (nSPS) is 27.1. The highest BCUT2D eigenvalue weighted by molar-refractivity contribution is 6.18. The molecule has 1 aromatic carbocycles. The monoisotopic (exact) mass is 307 g/mol. The van der Waals surface area contributed by atoms with E-state index in [0.29, 0.717) is 5.88 Å². The van der Waals surface area contributed by atoms with Gasteiger partial charge >= 0.3 is 0 Å². The Hall–Kier alpha value is -1.02. The van der Waals surface area contributed by atoms with Crippen LogP contribution in [0.3, 0.4) is 0 Å². The van der Waals surface area contributed by atoms with Gasteiger partial charge in [0.2, 0.25) is 5.91 Å². The van der Waals surface area contributed by atoms with Crippen molar-refractivity contribution in [3.8, 4) is 0 Å². The lowest BCUT2D eigenvalue weighted by atomic mass is 9.77. The smallest absolute Gasteiger partial charge is 0.227 e.